The standard InChI is InChI=1S/C15H9N3O6/c16-4-1-7-10(13(19)20)8(2-5-17)12(15(23)24)9(3-6-18)11(7)14(21)22/h1-3H2,(H,19,20)(H,21,22)(H,23,24). The summed E-state index contributed by atoms with van der Waals surface area (Å²) < 4.78 is 0. The maximum absolute atomic E-state index is 11.5. The largest absolute Gasteiger partial charge is 0.478 e. The highest BCUT2D eigenvalue weighted by Gasteiger charge is 2.32. The Morgan fingerprint density at radius 1 is 0.625 bits per heavy atom. The highest BCUT2D eigenvalue weighted by Crippen LogP contribution is 2.30. The molecular weight excluding hydrogens is 318 g/mol. The molecule has 1 rings (SSSR count). The number of hydrogen-bond donors (Lipinski definition) is 3. The van der Waals surface area contributed by atoms with Crippen molar-refractivity contribution < 1.29 is 29.7 Å². The van der Waals surface area contributed by atoms with Crippen molar-refractivity contribution in [1.82, 2.24) is 0 Å². The number of aromatic carboxylic acids is 3. The molecule has 0 fully saturated rings. The monoisotopic (exact) mass is 327 g/mol. The van der Waals surface area contributed by atoms with Gasteiger partial charge in [-0.3, -0.25) is 0 Å². The lowest BCUT2D eigenvalue weighted by molar-refractivity contribution is 0.0694. The second-order valence-corrected chi connectivity index (χ2v) is 4.48. The molecule has 9 heteroatoms. The molecule has 0 saturated heterocycles. The van der Waals surface area contributed by atoms with Crippen molar-refractivity contribution in [2.75, 3.05) is 0 Å². The van der Waals surface area contributed by atoms with Gasteiger partial charge in [0.25, 0.3) is 0 Å². The Morgan fingerprint density at radius 2 is 0.833 bits per heavy atom. The third-order valence-electron chi connectivity index (χ3n) is 3.22. The fourth-order valence-electron chi connectivity index (χ4n) is 2.46. The number of carboxylic acid groups (broad SMARTS) is 3. The summed E-state index contributed by atoms with van der Waals surface area (Å²) in [6.07, 6.45) is -1.87. The van der Waals surface area contributed by atoms with Gasteiger partial charge in [-0.25, -0.2) is 14.4 Å². The van der Waals surface area contributed by atoms with Crippen LogP contribution in [0.3, 0.4) is 0 Å². The predicted octanol–water partition coefficient (Wildman–Crippen LogP) is 0.979. The molecule has 0 aliphatic carbocycles. The minimum atomic E-state index is -1.65. The summed E-state index contributed by atoms with van der Waals surface area (Å²) in [5.41, 5.74) is -3.35. The highest BCUT2D eigenvalue weighted by atomic mass is 16.4. The van der Waals surface area contributed by atoms with Crippen LogP contribution in [0.2, 0.25) is 0 Å². The Hall–Kier alpha value is -3.90. The van der Waals surface area contributed by atoms with E-state index in [-0.39, 0.29) is 0 Å². The second kappa shape index (κ2) is 7.39. The molecule has 9 nitrogen and oxygen atoms in total. The number of rotatable bonds is 6. The number of carboxylic acids is 3. The lowest BCUT2D eigenvalue weighted by Gasteiger charge is -2.18. The molecule has 0 aliphatic rings. The van der Waals surface area contributed by atoms with Crippen LogP contribution < -0.4 is 0 Å². The van der Waals surface area contributed by atoms with Crippen LogP contribution >= 0.6 is 0 Å². The summed E-state index contributed by atoms with van der Waals surface area (Å²) in [7, 11) is 0. The molecule has 0 spiro atoms. The fourth-order valence-corrected chi connectivity index (χ4v) is 2.46. The molecule has 3 N–H and O–H groups in total. The smallest absolute Gasteiger partial charge is 0.336 e. The van der Waals surface area contributed by atoms with Crippen LogP contribution in [0.5, 0.6) is 0 Å². The molecule has 0 bridgehead atoms. The first-order valence-electron chi connectivity index (χ1n) is 6.33. The molecule has 0 saturated carbocycles. The van der Waals surface area contributed by atoms with E-state index in [0.29, 0.717) is 0 Å². The lowest BCUT2D eigenvalue weighted by Crippen LogP contribution is -2.21. The molecule has 1 aromatic rings. The van der Waals surface area contributed by atoms with Crippen molar-refractivity contribution in [2.45, 2.75) is 19.3 Å². The maximum Gasteiger partial charge on any atom is 0.336 e. The van der Waals surface area contributed by atoms with Crippen molar-refractivity contribution in [3.8, 4) is 18.2 Å². The molecule has 0 amide bonds. The number of nitrogens with zero attached hydrogens (tertiary/aromatic N) is 3. The summed E-state index contributed by atoms with van der Waals surface area (Å²) >= 11 is 0. The molecule has 24 heavy (non-hydrogen) atoms. The predicted molar refractivity (Wildman–Crippen MR) is 75.3 cm³/mol. The average Bonchev–Trinajstić information content (AvgIpc) is 2.46. The van der Waals surface area contributed by atoms with Gasteiger partial charge in [-0.05, 0) is 16.7 Å². The Labute approximate surface area is 135 Å². The van der Waals surface area contributed by atoms with Crippen LogP contribution in [0.15, 0.2) is 0 Å². The minimum absolute atomic E-state index is 0.419. The Balaban J connectivity index is 4.24. The molecule has 0 unspecified atom stereocenters. The van der Waals surface area contributed by atoms with Gasteiger partial charge in [0, 0.05) is 0 Å². The minimum Gasteiger partial charge on any atom is -0.478 e. The highest BCUT2D eigenvalue weighted by molar-refractivity contribution is 6.05. The van der Waals surface area contributed by atoms with E-state index < -0.39 is 70.6 Å². The van der Waals surface area contributed by atoms with E-state index in [9.17, 15) is 29.7 Å². The number of nitriles is 3. The SMILES string of the molecule is N#CCc1c(C(=O)O)c(CC#N)c(C(=O)O)c(CC#N)c1C(=O)O. The van der Waals surface area contributed by atoms with Crippen LogP contribution in [-0.4, -0.2) is 33.2 Å². The Bertz CT molecular complexity index is 732. The van der Waals surface area contributed by atoms with Crippen molar-refractivity contribution in [3.63, 3.8) is 0 Å². The van der Waals surface area contributed by atoms with Gasteiger partial charge in [-0.1, -0.05) is 0 Å². The Kier molecular flexibility index (Phi) is 5.59. The van der Waals surface area contributed by atoms with Crippen molar-refractivity contribution in [1.29, 1.82) is 15.8 Å². The van der Waals surface area contributed by atoms with Gasteiger partial charge in [0.2, 0.25) is 0 Å². The fraction of sp³-hybridized carbons (Fsp3) is 0.200. The molecule has 0 atom stereocenters. The lowest BCUT2D eigenvalue weighted by atomic mass is 9.83. The zero-order valence-electron chi connectivity index (χ0n) is 12.0. The zero-order chi connectivity index (χ0) is 18.4. The van der Waals surface area contributed by atoms with E-state index in [1.54, 1.807) is 18.2 Å². The summed E-state index contributed by atoms with van der Waals surface area (Å²) in [6, 6.07) is 4.87. The third kappa shape index (κ3) is 3.13. The third-order valence-corrected chi connectivity index (χ3v) is 3.22. The zero-order valence-corrected chi connectivity index (χ0v) is 12.0. The number of benzene rings is 1. The first-order chi connectivity index (χ1) is 11.3. The van der Waals surface area contributed by atoms with Gasteiger partial charge in [0.1, 0.15) is 0 Å². The van der Waals surface area contributed by atoms with Gasteiger partial charge in [0.05, 0.1) is 54.2 Å². The first-order valence-corrected chi connectivity index (χ1v) is 6.33. The Morgan fingerprint density at radius 3 is 0.958 bits per heavy atom. The average molecular weight is 327 g/mol. The molecule has 0 aliphatic heterocycles. The van der Waals surface area contributed by atoms with Crippen LogP contribution in [0.25, 0.3) is 0 Å². The second-order valence-electron chi connectivity index (χ2n) is 4.48. The molecule has 0 radical (unpaired) electrons. The van der Waals surface area contributed by atoms with Crippen LogP contribution in [0, 0.1) is 34.0 Å². The van der Waals surface area contributed by atoms with Crippen molar-refractivity contribution >= 4 is 17.9 Å². The van der Waals surface area contributed by atoms with Crippen LogP contribution in [0.4, 0.5) is 0 Å². The summed E-state index contributed by atoms with van der Waals surface area (Å²) in [6.45, 7) is 0. The number of hydrogen-bond acceptors (Lipinski definition) is 6. The van der Waals surface area contributed by atoms with Crippen LogP contribution in [0.1, 0.15) is 47.8 Å². The molecular formula is C15H9N3O6. The summed E-state index contributed by atoms with van der Waals surface area (Å²) in [5.74, 6) is -4.96. The van der Waals surface area contributed by atoms with E-state index in [2.05, 4.69) is 0 Å². The van der Waals surface area contributed by atoms with Gasteiger partial charge < -0.3 is 15.3 Å². The van der Waals surface area contributed by atoms with E-state index in [1.165, 1.54) is 0 Å². The molecule has 1 aromatic carbocycles. The quantitative estimate of drug-likeness (QED) is 0.685. The number of carbonyl (C=O) groups is 3. The molecule has 0 aromatic heterocycles. The molecule has 120 valence electrons. The van der Waals surface area contributed by atoms with Gasteiger partial charge in [-0.2, -0.15) is 15.8 Å². The summed E-state index contributed by atoms with van der Waals surface area (Å²) in [5, 5.41) is 54.7. The van der Waals surface area contributed by atoms with Crippen molar-refractivity contribution in [2.24, 2.45) is 0 Å². The first kappa shape index (κ1) is 18.1. The van der Waals surface area contributed by atoms with Gasteiger partial charge in [0.15, 0.2) is 0 Å². The van der Waals surface area contributed by atoms with Gasteiger partial charge >= 0.3 is 17.9 Å². The van der Waals surface area contributed by atoms with Gasteiger partial charge in [-0.15, -0.1) is 0 Å². The van der Waals surface area contributed by atoms with Crippen molar-refractivity contribution in [3.05, 3.63) is 33.4 Å². The normalized spacial score (nSPS) is 9.38. The van der Waals surface area contributed by atoms with E-state index in [0.717, 1.165) is 0 Å². The van der Waals surface area contributed by atoms with E-state index in [1.807, 2.05) is 0 Å². The van der Waals surface area contributed by atoms with Crippen LogP contribution in [-0.2, 0) is 19.3 Å². The summed E-state index contributed by atoms with van der Waals surface area (Å²) in [4.78, 5) is 34.6. The topological polar surface area (TPSA) is 183 Å². The maximum atomic E-state index is 11.5. The van der Waals surface area contributed by atoms with E-state index >= 15 is 0 Å². The molecule has 0 heterocycles. The van der Waals surface area contributed by atoms with E-state index in [4.69, 9.17) is 15.8 Å².